The lowest BCUT2D eigenvalue weighted by molar-refractivity contribution is -0.124. The maximum absolute atomic E-state index is 11.7. The van der Waals surface area contributed by atoms with Crippen molar-refractivity contribution >= 4 is 5.91 Å². The van der Waals surface area contributed by atoms with Gasteiger partial charge in [-0.15, -0.1) is 0 Å². The third-order valence-electron chi connectivity index (χ3n) is 4.40. The first-order valence-electron chi connectivity index (χ1n) is 8.14. The molecular weight excluding hydrogens is 250 g/mol. The molecule has 0 saturated carbocycles. The zero-order chi connectivity index (χ0) is 15.2. The van der Waals surface area contributed by atoms with Gasteiger partial charge in [-0.05, 0) is 57.5 Å². The molecule has 0 aromatic carbocycles. The Hall–Kier alpha value is -0.610. The molecule has 0 aromatic rings. The van der Waals surface area contributed by atoms with Crippen LogP contribution < -0.4 is 11.1 Å². The molecule has 3 N–H and O–H groups in total. The molecule has 0 aromatic heterocycles. The van der Waals surface area contributed by atoms with Crippen molar-refractivity contribution in [3.8, 4) is 0 Å². The highest BCUT2D eigenvalue weighted by Gasteiger charge is 2.30. The molecule has 0 spiro atoms. The summed E-state index contributed by atoms with van der Waals surface area (Å²) in [5.74, 6) is 1.35. The molecular formula is C16H33N3O. The van der Waals surface area contributed by atoms with Crippen molar-refractivity contribution in [2.45, 2.75) is 58.9 Å². The normalized spacial score (nSPS) is 27.2. The molecule has 3 atom stereocenters. The zero-order valence-corrected chi connectivity index (χ0v) is 13.7. The standard InChI is InChI=1S/C16H33N3O/c1-5-8-18-16(4,15(17)20)7-6-9-19-11-13(2)10-14(3)12-19/h13-14,18H,5-12H2,1-4H3,(H2,17,20). The molecule has 1 heterocycles. The fourth-order valence-corrected chi connectivity index (χ4v) is 3.33. The van der Waals surface area contributed by atoms with Crippen LogP contribution in [0.3, 0.4) is 0 Å². The average Bonchev–Trinajstić information content (AvgIpc) is 2.35. The second-order valence-electron chi connectivity index (χ2n) is 6.93. The first kappa shape index (κ1) is 17.4. The lowest BCUT2D eigenvalue weighted by Crippen LogP contribution is -2.53. The maximum Gasteiger partial charge on any atom is 0.237 e. The number of carbonyl (C=O) groups excluding carboxylic acids is 1. The van der Waals surface area contributed by atoms with E-state index in [9.17, 15) is 4.79 Å². The van der Waals surface area contributed by atoms with Gasteiger partial charge in [0.2, 0.25) is 5.91 Å². The lowest BCUT2D eigenvalue weighted by atomic mass is 9.90. The van der Waals surface area contributed by atoms with Crippen LogP contribution in [0.15, 0.2) is 0 Å². The summed E-state index contributed by atoms with van der Waals surface area (Å²) in [6, 6.07) is 0. The molecule has 20 heavy (non-hydrogen) atoms. The summed E-state index contributed by atoms with van der Waals surface area (Å²) in [6.07, 6.45) is 4.20. The van der Waals surface area contributed by atoms with Crippen LogP contribution in [0.5, 0.6) is 0 Å². The van der Waals surface area contributed by atoms with Crippen LogP contribution in [-0.2, 0) is 4.79 Å². The molecule has 1 saturated heterocycles. The number of carbonyl (C=O) groups is 1. The number of rotatable bonds is 8. The number of primary amides is 1. The molecule has 3 unspecified atom stereocenters. The molecule has 0 aliphatic carbocycles. The highest BCUT2D eigenvalue weighted by Crippen LogP contribution is 2.22. The first-order valence-corrected chi connectivity index (χ1v) is 8.14. The number of nitrogens with two attached hydrogens (primary N) is 1. The van der Waals surface area contributed by atoms with Crippen molar-refractivity contribution in [3.63, 3.8) is 0 Å². The van der Waals surface area contributed by atoms with Gasteiger partial charge < -0.3 is 16.0 Å². The first-order chi connectivity index (χ1) is 9.37. The van der Waals surface area contributed by atoms with Gasteiger partial charge in [-0.3, -0.25) is 4.79 Å². The van der Waals surface area contributed by atoms with E-state index in [2.05, 4.69) is 31.0 Å². The van der Waals surface area contributed by atoms with Crippen LogP contribution in [0.2, 0.25) is 0 Å². The van der Waals surface area contributed by atoms with Crippen LogP contribution in [-0.4, -0.2) is 42.5 Å². The molecule has 0 bridgehead atoms. The monoisotopic (exact) mass is 283 g/mol. The topological polar surface area (TPSA) is 58.4 Å². The van der Waals surface area contributed by atoms with E-state index in [-0.39, 0.29) is 5.91 Å². The largest absolute Gasteiger partial charge is 0.368 e. The Labute approximate surface area is 124 Å². The fourth-order valence-electron chi connectivity index (χ4n) is 3.33. The predicted molar refractivity (Wildman–Crippen MR) is 84.5 cm³/mol. The molecule has 1 fully saturated rings. The van der Waals surface area contributed by atoms with E-state index in [4.69, 9.17) is 5.73 Å². The SMILES string of the molecule is CCCNC(C)(CCCN1CC(C)CC(C)C1)C(N)=O. The molecule has 4 nitrogen and oxygen atoms in total. The van der Waals surface area contributed by atoms with Crippen LogP contribution in [0.4, 0.5) is 0 Å². The quantitative estimate of drug-likeness (QED) is 0.716. The predicted octanol–water partition coefficient (Wildman–Crippen LogP) is 1.99. The van der Waals surface area contributed by atoms with Crippen molar-refractivity contribution in [1.29, 1.82) is 0 Å². The summed E-state index contributed by atoms with van der Waals surface area (Å²) in [5.41, 5.74) is 5.01. The summed E-state index contributed by atoms with van der Waals surface area (Å²) < 4.78 is 0. The fraction of sp³-hybridized carbons (Fsp3) is 0.938. The van der Waals surface area contributed by atoms with Crippen molar-refractivity contribution in [2.24, 2.45) is 17.6 Å². The Morgan fingerprint density at radius 2 is 1.95 bits per heavy atom. The smallest absolute Gasteiger partial charge is 0.237 e. The van der Waals surface area contributed by atoms with Gasteiger partial charge in [0.15, 0.2) is 0 Å². The summed E-state index contributed by atoms with van der Waals surface area (Å²) in [7, 11) is 0. The van der Waals surface area contributed by atoms with E-state index in [0.717, 1.165) is 44.2 Å². The second kappa shape index (κ2) is 7.99. The summed E-state index contributed by atoms with van der Waals surface area (Å²) in [4.78, 5) is 14.2. The van der Waals surface area contributed by atoms with Crippen molar-refractivity contribution < 1.29 is 4.79 Å². The molecule has 1 aliphatic rings. The van der Waals surface area contributed by atoms with Crippen molar-refractivity contribution in [1.82, 2.24) is 10.2 Å². The maximum atomic E-state index is 11.7. The van der Waals surface area contributed by atoms with E-state index < -0.39 is 5.54 Å². The number of amides is 1. The minimum atomic E-state index is -0.553. The Morgan fingerprint density at radius 1 is 1.35 bits per heavy atom. The van der Waals surface area contributed by atoms with Gasteiger partial charge in [0.05, 0.1) is 5.54 Å². The molecule has 1 rings (SSSR count). The molecule has 118 valence electrons. The van der Waals surface area contributed by atoms with Gasteiger partial charge in [0, 0.05) is 13.1 Å². The van der Waals surface area contributed by atoms with E-state index in [0.29, 0.717) is 0 Å². The highest BCUT2D eigenvalue weighted by molar-refractivity contribution is 5.84. The van der Waals surface area contributed by atoms with Crippen LogP contribution in [0.1, 0.15) is 53.4 Å². The number of nitrogens with one attached hydrogen (secondary N) is 1. The van der Waals surface area contributed by atoms with Crippen LogP contribution in [0.25, 0.3) is 0 Å². The Kier molecular flexibility index (Phi) is 6.96. The van der Waals surface area contributed by atoms with Gasteiger partial charge >= 0.3 is 0 Å². The van der Waals surface area contributed by atoms with Crippen LogP contribution in [0, 0.1) is 11.8 Å². The van der Waals surface area contributed by atoms with Gasteiger partial charge in [0.25, 0.3) is 0 Å². The zero-order valence-electron chi connectivity index (χ0n) is 13.7. The lowest BCUT2D eigenvalue weighted by Gasteiger charge is -2.36. The number of hydrogen-bond donors (Lipinski definition) is 2. The summed E-state index contributed by atoms with van der Waals surface area (Å²) in [6.45, 7) is 13.0. The number of likely N-dealkylation sites (tertiary alicyclic amines) is 1. The highest BCUT2D eigenvalue weighted by atomic mass is 16.1. The van der Waals surface area contributed by atoms with Gasteiger partial charge in [-0.1, -0.05) is 20.8 Å². The minimum absolute atomic E-state index is 0.230. The molecule has 4 heteroatoms. The third-order valence-corrected chi connectivity index (χ3v) is 4.40. The summed E-state index contributed by atoms with van der Waals surface area (Å²) in [5, 5.41) is 3.31. The summed E-state index contributed by atoms with van der Waals surface area (Å²) >= 11 is 0. The van der Waals surface area contributed by atoms with Gasteiger partial charge in [-0.2, -0.15) is 0 Å². The third kappa shape index (κ3) is 5.41. The van der Waals surface area contributed by atoms with Crippen molar-refractivity contribution in [2.75, 3.05) is 26.2 Å². The molecule has 0 radical (unpaired) electrons. The molecule has 1 aliphatic heterocycles. The average molecular weight is 283 g/mol. The Balaban J connectivity index is 2.38. The minimum Gasteiger partial charge on any atom is -0.368 e. The van der Waals surface area contributed by atoms with E-state index in [1.54, 1.807) is 0 Å². The Morgan fingerprint density at radius 3 is 2.45 bits per heavy atom. The van der Waals surface area contributed by atoms with E-state index >= 15 is 0 Å². The van der Waals surface area contributed by atoms with Gasteiger partial charge in [-0.25, -0.2) is 0 Å². The van der Waals surface area contributed by atoms with Crippen LogP contribution >= 0.6 is 0 Å². The number of piperidine rings is 1. The van der Waals surface area contributed by atoms with E-state index in [1.807, 2.05) is 6.92 Å². The number of hydrogen-bond acceptors (Lipinski definition) is 3. The van der Waals surface area contributed by atoms with Crippen molar-refractivity contribution in [3.05, 3.63) is 0 Å². The number of nitrogens with zero attached hydrogens (tertiary/aromatic N) is 1. The second-order valence-corrected chi connectivity index (χ2v) is 6.93. The van der Waals surface area contributed by atoms with Gasteiger partial charge in [0.1, 0.15) is 0 Å². The Bertz CT molecular complexity index is 298. The molecule has 1 amide bonds. The van der Waals surface area contributed by atoms with E-state index in [1.165, 1.54) is 19.5 Å².